The van der Waals surface area contributed by atoms with Crippen molar-refractivity contribution in [1.29, 1.82) is 0 Å². The van der Waals surface area contributed by atoms with Gasteiger partial charge < -0.3 is 10.2 Å². The first kappa shape index (κ1) is 18.6. The molecule has 0 bridgehead atoms. The van der Waals surface area contributed by atoms with Crippen LogP contribution in [0, 0.1) is 5.82 Å². The molecule has 0 atom stereocenters. The van der Waals surface area contributed by atoms with Crippen LogP contribution in [0.5, 0.6) is 0 Å². The Labute approximate surface area is 147 Å². The van der Waals surface area contributed by atoms with E-state index in [0.29, 0.717) is 6.54 Å². The van der Waals surface area contributed by atoms with Crippen LogP contribution in [0.25, 0.3) is 0 Å². The Morgan fingerprint density at radius 3 is 2.24 bits per heavy atom. The fraction of sp³-hybridized carbons (Fsp3) is 0.300. The van der Waals surface area contributed by atoms with Gasteiger partial charge in [-0.2, -0.15) is 0 Å². The number of hydrogen-bond acceptors (Lipinski definition) is 2. The molecule has 2 aromatic rings. The number of nitrogens with zero attached hydrogens (tertiary/aromatic N) is 1. The van der Waals surface area contributed by atoms with Crippen LogP contribution in [0.4, 0.5) is 4.39 Å². The van der Waals surface area contributed by atoms with Crippen LogP contribution in [0.3, 0.4) is 0 Å². The Balaban J connectivity index is 1.88. The van der Waals surface area contributed by atoms with Gasteiger partial charge in [-0.15, -0.1) is 0 Å². The molecule has 0 aliphatic rings. The lowest BCUT2D eigenvalue weighted by Gasteiger charge is -2.26. The smallest absolute Gasteiger partial charge is 0.232 e. The summed E-state index contributed by atoms with van der Waals surface area (Å²) in [5.74, 6) is -0.873. The molecule has 0 aliphatic carbocycles. The van der Waals surface area contributed by atoms with Gasteiger partial charge in [-0.25, -0.2) is 4.39 Å². The highest BCUT2D eigenvalue weighted by atomic mass is 19.1. The highest BCUT2D eigenvalue weighted by molar-refractivity contribution is 5.96. The number of halogens is 1. The molecule has 0 aromatic heterocycles. The summed E-state index contributed by atoms with van der Waals surface area (Å²) in [6.07, 6.45) is -0.202. The molecular formula is C20H23FN2O2. The molecule has 25 heavy (non-hydrogen) atoms. The van der Waals surface area contributed by atoms with Crippen LogP contribution in [-0.2, 0) is 22.7 Å². The average molecular weight is 342 g/mol. The number of amides is 2. The molecule has 0 fully saturated rings. The van der Waals surface area contributed by atoms with E-state index in [2.05, 4.69) is 5.32 Å². The largest absolute Gasteiger partial charge is 0.352 e. The predicted octanol–water partition coefficient (Wildman–Crippen LogP) is 3.27. The van der Waals surface area contributed by atoms with Crippen LogP contribution in [-0.4, -0.2) is 22.8 Å². The first-order valence-electron chi connectivity index (χ1n) is 8.30. The molecule has 0 saturated carbocycles. The van der Waals surface area contributed by atoms with Crippen molar-refractivity contribution >= 4 is 11.8 Å². The number of benzene rings is 2. The standard InChI is InChI=1S/C20H23FN2O2/c1-15(2)23(14-17-6-4-3-5-7-17)20(25)12-19(24)22-13-16-8-10-18(21)11-9-16/h3-11,15H,12-14H2,1-2H3,(H,22,24). The van der Waals surface area contributed by atoms with E-state index in [9.17, 15) is 14.0 Å². The second kappa shape index (κ2) is 8.97. The topological polar surface area (TPSA) is 49.4 Å². The zero-order chi connectivity index (χ0) is 18.2. The monoisotopic (exact) mass is 342 g/mol. The molecule has 5 heteroatoms. The Bertz CT molecular complexity index is 699. The normalized spacial score (nSPS) is 10.6. The molecule has 0 aliphatic heterocycles. The van der Waals surface area contributed by atoms with Crippen molar-refractivity contribution in [3.63, 3.8) is 0 Å². The number of rotatable bonds is 7. The minimum absolute atomic E-state index is 0.00222. The van der Waals surface area contributed by atoms with Gasteiger partial charge in [-0.05, 0) is 37.1 Å². The van der Waals surface area contributed by atoms with Crippen molar-refractivity contribution in [1.82, 2.24) is 10.2 Å². The van der Waals surface area contributed by atoms with Gasteiger partial charge in [-0.3, -0.25) is 9.59 Å². The van der Waals surface area contributed by atoms with Gasteiger partial charge in [0.2, 0.25) is 11.8 Å². The number of carbonyl (C=O) groups is 2. The van der Waals surface area contributed by atoms with Crippen LogP contribution < -0.4 is 5.32 Å². The van der Waals surface area contributed by atoms with Crippen LogP contribution >= 0.6 is 0 Å². The highest BCUT2D eigenvalue weighted by Gasteiger charge is 2.20. The zero-order valence-electron chi connectivity index (χ0n) is 14.5. The van der Waals surface area contributed by atoms with E-state index in [1.807, 2.05) is 44.2 Å². The van der Waals surface area contributed by atoms with Crippen molar-refractivity contribution in [3.05, 3.63) is 71.5 Å². The lowest BCUT2D eigenvalue weighted by molar-refractivity contribution is -0.138. The number of hydrogen-bond donors (Lipinski definition) is 1. The van der Waals surface area contributed by atoms with Gasteiger partial charge >= 0.3 is 0 Å². The summed E-state index contributed by atoms with van der Waals surface area (Å²) >= 11 is 0. The van der Waals surface area contributed by atoms with Gasteiger partial charge in [0.1, 0.15) is 12.2 Å². The highest BCUT2D eigenvalue weighted by Crippen LogP contribution is 2.10. The molecule has 2 aromatic carbocycles. The summed E-state index contributed by atoms with van der Waals surface area (Å²) in [7, 11) is 0. The van der Waals surface area contributed by atoms with Gasteiger partial charge in [0.05, 0.1) is 0 Å². The lowest BCUT2D eigenvalue weighted by atomic mass is 10.1. The SMILES string of the molecule is CC(C)N(Cc1ccccc1)C(=O)CC(=O)NCc1ccc(F)cc1. The van der Waals surface area contributed by atoms with Crippen molar-refractivity contribution in [3.8, 4) is 0 Å². The number of carbonyl (C=O) groups excluding carboxylic acids is 2. The fourth-order valence-electron chi connectivity index (χ4n) is 2.44. The maximum Gasteiger partial charge on any atom is 0.232 e. The quantitative estimate of drug-likeness (QED) is 0.785. The molecule has 132 valence electrons. The average Bonchev–Trinajstić information content (AvgIpc) is 2.59. The molecule has 2 rings (SSSR count). The molecule has 0 heterocycles. The molecule has 4 nitrogen and oxygen atoms in total. The second-order valence-electron chi connectivity index (χ2n) is 6.18. The van der Waals surface area contributed by atoms with Crippen molar-refractivity contribution < 1.29 is 14.0 Å². The lowest BCUT2D eigenvalue weighted by Crippen LogP contribution is -2.39. The predicted molar refractivity (Wildman–Crippen MR) is 95.0 cm³/mol. The van der Waals surface area contributed by atoms with E-state index in [-0.39, 0.29) is 36.6 Å². The van der Waals surface area contributed by atoms with Crippen molar-refractivity contribution in [2.24, 2.45) is 0 Å². The molecule has 2 amide bonds. The first-order chi connectivity index (χ1) is 12.0. The minimum Gasteiger partial charge on any atom is -0.352 e. The molecule has 0 spiro atoms. The van der Waals surface area contributed by atoms with E-state index >= 15 is 0 Å². The third kappa shape index (κ3) is 6.03. The third-order valence-electron chi connectivity index (χ3n) is 3.85. The maximum absolute atomic E-state index is 12.9. The van der Waals surface area contributed by atoms with E-state index < -0.39 is 0 Å². The molecule has 1 N–H and O–H groups in total. The number of nitrogens with one attached hydrogen (secondary N) is 1. The van der Waals surface area contributed by atoms with Crippen molar-refractivity contribution in [2.75, 3.05) is 0 Å². The molecule has 0 saturated heterocycles. The van der Waals surface area contributed by atoms with E-state index in [0.717, 1.165) is 11.1 Å². The summed E-state index contributed by atoms with van der Waals surface area (Å²) in [4.78, 5) is 26.2. The first-order valence-corrected chi connectivity index (χ1v) is 8.30. The Morgan fingerprint density at radius 2 is 1.64 bits per heavy atom. The second-order valence-corrected chi connectivity index (χ2v) is 6.18. The van der Waals surface area contributed by atoms with E-state index in [1.54, 1.807) is 17.0 Å². The molecule has 0 unspecified atom stereocenters. The van der Waals surface area contributed by atoms with Crippen molar-refractivity contribution in [2.45, 2.75) is 39.4 Å². The van der Waals surface area contributed by atoms with Crippen LogP contribution in [0.15, 0.2) is 54.6 Å². The van der Waals surface area contributed by atoms with Gasteiger partial charge in [0, 0.05) is 19.1 Å². The van der Waals surface area contributed by atoms with Crippen LogP contribution in [0.2, 0.25) is 0 Å². The Morgan fingerprint density at radius 1 is 1.00 bits per heavy atom. The third-order valence-corrected chi connectivity index (χ3v) is 3.85. The summed E-state index contributed by atoms with van der Waals surface area (Å²) in [6.45, 7) is 4.60. The summed E-state index contributed by atoms with van der Waals surface area (Å²) in [5.41, 5.74) is 1.81. The van der Waals surface area contributed by atoms with Crippen LogP contribution in [0.1, 0.15) is 31.4 Å². The summed E-state index contributed by atoms with van der Waals surface area (Å²) in [6, 6.07) is 15.6. The Hall–Kier alpha value is -2.69. The maximum atomic E-state index is 12.9. The zero-order valence-corrected chi connectivity index (χ0v) is 14.5. The van der Waals surface area contributed by atoms with E-state index in [1.165, 1.54) is 12.1 Å². The van der Waals surface area contributed by atoms with Gasteiger partial charge in [-0.1, -0.05) is 42.5 Å². The summed E-state index contributed by atoms with van der Waals surface area (Å²) < 4.78 is 12.9. The summed E-state index contributed by atoms with van der Waals surface area (Å²) in [5, 5.41) is 2.70. The fourth-order valence-corrected chi connectivity index (χ4v) is 2.44. The molecular weight excluding hydrogens is 319 g/mol. The van der Waals surface area contributed by atoms with E-state index in [4.69, 9.17) is 0 Å². The Kier molecular flexibility index (Phi) is 6.69. The van der Waals surface area contributed by atoms with Gasteiger partial charge in [0.15, 0.2) is 0 Å². The minimum atomic E-state index is -0.340. The van der Waals surface area contributed by atoms with Gasteiger partial charge in [0.25, 0.3) is 0 Å². The molecule has 0 radical (unpaired) electrons.